The smallest absolute Gasteiger partial charge is 0.200 e. The average molecular weight is 254 g/mol. The van der Waals surface area contributed by atoms with Crippen molar-refractivity contribution < 1.29 is 9.21 Å². The average Bonchev–Trinajstić information content (AvgIpc) is 3.05. The number of aryl methyl sites for hydroxylation is 1. The number of carbonyl (C=O) groups excluding carboxylic acids is 1. The van der Waals surface area contributed by atoms with Crippen LogP contribution in [0.3, 0.4) is 0 Å². The normalized spacial score (nSPS) is 11.0. The van der Waals surface area contributed by atoms with Gasteiger partial charge in [-0.25, -0.2) is 0 Å². The summed E-state index contributed by atoms with van der Waals surface area (Å²) in [6.45, 7) is 2.90. The first-order chi connectivity index (χ1) is 9.29. The molecule has 0 saturated heterocycles. The van der Waals surface area contributed by atoms with Gasteiger partial charge in [0.1, 0.15) is 11.8 Å². The van der Waals surface area contributed by atoms with Crippen molar-refractivity contribution in [1.82, 2.24) is 9.78 Å². The van der Waals surface area contributed by atoms with Crippen LogP contribution < -0.4 is 0 Å². The van der Waals surface area contributed by atoms with Gasteiger partial charge >= 0.3 is 0 Å². The second kappa shape index (κ2) is 4.72. The van der Waals surface area contributed by atoms with Crippen LogP contribution in [0.15, 0.2) is 47.3 Å². The summed E-state index contributed by atoms with van der Waals surface area (Å²) in [5, 5.41) is 5.03. The summed E-state index contributed by atoms with van der Waals surface area (Å²) < 4.78 is 7.19. The molecule has 0 unspecified atom stereocenters. The van der Waals surface area contributed by atoms with Crippen LogP contribution in [0.25, 0.3) is 11.0 Å². The zero-order chi connectivity index (χ0) is 13.2. The standard InChI is InChI=1S/C15H14N2O2/c1-2-7-17-9-11(8-16-17)15(18)13-10-19-14-6-4-3-5-12(13)14/h3-6,8-10H,2,7H2,1H3. The van der Waals surface area contributed by atoms with E-state index in [0.717, 1.165) is 23.9 Å². The van der Waals surface area contributed by atoms with Crippen molar-refractivity contribution in [2.24, 2.45) is 0 Å². The molecule has 0 amide bonds. The SMILES string of the molecule is CCCn1cc(C(=O)c2coc3ccccc23)cn1. The van der Waals surface area contributed by atoms with E-state index in [2.05, 4.69) is 12.0 Å². The van der Waals surface area contributed by atoms with Crippen LogP contribution in [0.5, 0.6) is 0 Å². The topological polar surface area (TPSA) is 48.0 Å². The highest BCUT2D eigenvalue weighted by atomic mass is 16.3. The van der Waals surface area contributed by atoms with E-state index in [9.17, 15) is 4.79 Å². The number of aromatic nitrogens is 2. The van der Waals surface area contributed by atoms with Crippen molar-refractivity contribution in [3.63, 3.8) is 0 Å². The highest BCUT2D eigenvalue weighted by molar-refractivity contribution is 6.15. The van der Waals surface area contributed by atoms with Crippen LogP contribution in [-0.4, -0.2) is 15.6 Å². The monoisotopic (exact) mass is 254 g/mol. The van der Waals surface area contributed by atoms with E-state index in [1.165, 1.54) is 6.26 Å². The molecule has 2 aromatic heterocycles. The highest BCUT2D eigenvalue weighted by Gasteiger charge is 2.16. The lowest BCUT2D eigenvalue weighted by Crippen LogP contribution is -1.99. The van der Waals surface area contributed by atoms with E-state index >= 15 is 0 Å². The van der Waals surface area contributed by atoms with Crippen LogP contribution in [0.4, 0.5) is 0 Å². The molecule has 1 aromatic carbocycles. The molecular formula is C15H14N2O2. The molecule has 4 nitrogen and oxygen atoms in total. The van der Waals surface area contributed by atoms with Crippen molar-refractivity contribution >= 4 is 16.8 Å². The lowest BCUT2D eigenvalue weighted by atomic mass is 10.1. The Morgan fingerprint density at radius 3 is 3.05 bits per heavy atom. The molecular weight excluding hydrogens is 240 g/mol. The molecule has 19 heavy (non-hydrogen) atoms. The van der Waals surface area contributed by atoms with E-state index in [-0.39, 0.29) is 5.78 Å². The molecule has 0 N–H and O–H groups in total. The Morgan fingerprint density at radius 2 is 2.21 bits per heavy atom. The van der Waals surface area contributed by atoms with Gasteiger partial charge < -0.3 is 4.42 Å². The Hall–Kier alpha value is -2.36. The third-order valence-electron chi connectivity index (χ3n) is 3.07. The fraction of sp³-hybridized carbons (Fsp3) is 0.200. The summed E-state index contributed by atoms with van der Waals surface area (Å²) in [6.07, 6.45) is 5.90. The van der Waals surface area contributed by atoms with Gasteiger partial charge in [0.25, 0.3) is 0 Å². The molecule has 0 atom stereocenters. The molecule has 3 rings (SSSR count). The van der Waals surface area contributed by atoms with Gasteiger partial charge in [0, 0.05) is 18.1 Å². The number of para-hydroxylation sites is 1. The number of fused-ring (bicyclic) bond motifs is 1. The first-order valence-corrected chi connectivity index (χ1v) is 6.33. The first kappa shape index (κ1) is 11.7. The van der Waals surface area contributed by atoms with Crippen molar-refractivity contribution in [3.8, 4) is 0 Å². The summed E-state index contributed by atoms with van der Waals surface area (Å²) in [5.74, 6) is -0.0488. The Balaban J connectivity index is 1.98. The summed E-state index contributed by atoms with van der Waals surface area (Å²) in [5.41, 5.74) is 1.92. The quantitative estimate of drug-likeness (QED) is 0.671. The Bertz CT molecular complexity index is 724. The second-order valence-corrected chi connectivity index (χ2v) is 4.47. The number of furan rings is 1. The molecule has 0 aliphatic heterocycles. The van der Waals surface area contributed by atoms with Crippen LogP contribution in [0, 0.1) is 0 Å². The van der Waals surface area contributed by atoms with Crippen LogP contribution in [0.1, 0.15) is 29.3 Å². The number of rotatable bonds is 4. The van der Waals surface area contributed by atoms with Gasteiger partial charge in [0.05, 0.1) is 17.3 Å². The van der Waals surface area contributed by atoms with Crippen LogP contribution in [-0.2, 0) is 6.54 Å². The number of hydrogen-bond donors (Lipinski definition) is 0. The molecule has 4 heteroatoms. The Labute approximate surface area is 110 Å². The number of ketones is 1. The van der Waals surface area contributed by atoms with E-state index in [4.69, 9.17) is 4.42 Å². The predicted octanol–water partition coefficient (Wildman–Crippen LogP) is 3.27. The molecule has 0 radical (unpaired) electrons. The minimum atomic E-state index is -0.0488. The summed E-state index contributed by atoms with van der Waals surface area (Å²) >= 11 is 0. The Kier molecular flexibility index (Phi) is 2.91. The first-order valence-electron chi connectivity index (χ1n) is 6.33. The predicted molar refractivity (Wildman–Crippen MR) is 72.2 cm³/mol. The molecule has 0 saturated carbocycles. The molecule has 0 aliphatic rings. The van der Waals surface area contributed by atoms with Crippen molar-refractivity contribution in [3.05, 3.63) is 54.0 Å². The van der Waals surface area contributed by atoms with E-state index in [0.29, 0.717) is 11.1 Å². The fourth-order valence-electron chi connectivity index (χ4n) is 2.14. The second-order valence-electron chi connectivity index (χ2n) is 4.47. The highest BCUT2D eigenvalue weighted by Crippen LogP contribution is 2.23. The van der Waals surface area contributed by atoms with Crippen molar-refractivity contribution in [1.29, 1.82) is 0 Å². The number of hydrogen-bond acceptors (Lipinski definition) is 3. The van der Waals surface area contributed by atoms with Gasteiger partial charge in [-0.05, 0) is 12.5 Å². The van der Waals surface area contributed by atoms with Gasteiger partial charge in [0.15, 0.2) is 5.78 Å². The summed E-state index contributed by atoms with van der Waals surface area (Å²) in [4.78, 5) is 12.4. The molecule has 0 aliphatic carbocycles. The van der Waals surface area contributed by atoms with E-state index < -0.39 is 0 Å². The minimum Gasteiger partial charge on any atom is -0.464 e. The fourth-order valence-corrected chi connectivity index (χ4v) is 2.14. The van der Waals surface area contributed by atoms with Gasteiger partial charge in [-0.15, -0.1) is 0 Å². The number of nitrogens with zero attached hydrogens (tertiary/aromatic N) is 2. The zero-order valence-electron chi connectivity index (χ0n) is 10.7. The maximum atomic E-state index is 12.4. The number of carbonyl (C=O) groups is 1. The third kappa shape index (κ3) is 2.05. The maximum absolute atomic E-state index is 12.4. The van der Waals surface area contributed by atoms with Crippen LogP contribution >= 0.6 is 0 Å². The Morgan fingerprint density at radius 1 is 1.37 bits per heavy atom. The summed E-state index contributed by atoms with van der Waals surface area (Å²) in [6, 6.07) is 7.53. The molecule has 0 fully saturated rings. The maximum Gasteiger partial charge on any atom is 0.200 e. The molecule has 3 aromatic rings. The minimum absolute atomic E-state index is 0.0488. The largest absolute Gasteiger partial charge is 0.464 e. The lowest BCUT2D eigenvalue weighted by molar-refractivity contribution is 0.103. The van der Waals surface area contributed by atoms with Gasteiger partial charge in [-0.1, -0.05) is 25.1 Å². The molecule has 96 valence electrons. The summed E-state index contributed by atoms with van der Waals surface area (Å²) in [7, 11) is 0. The zero-order valence-corrected chi connectivity index (χ0v) is 10.7. The van der Waals surface area contributed by atoms with E-state index in [1.807, 2.05) is 24.3 Å². The van der Waals surface area contributed by atoms with Gasteiger partial charge in [0.2, 0.25) is 0 Å². The van der Waals surface area contributed by atoms with Gasteiger partial charge in [-0.2, -0.15) is 5.10 Å². The lowest BCUT2D eigenvalue weighted by Gasteiger charge is -1.96. The molecule has 2 heterocycles. The third-order valence-corrected chi connectivity index (χ3v) is 3.07. The van der Waals surface area contributed by atoms with E-state index in [1.54, 1.807) is 17.1 Å². The molecule has 0 bridgehead atoms. The van der Waals surface area contributed by atoms with Crippen molar-refractivity contribution in [2.45, 2.75) is 19.9 Å². The molecule has 0 spiro atoms. The van der Waals surface area contributed by atoms with Gasteiger partial charge in [-0.3, -0.25) is 9.48 Å². The number of benzene rings is 1. The van der Waals surface area contributed by atoms with Crippen molar-refractivity contribution in [2.75, 3.05) is 0 Å². The van der Waals surface area contributed by atoms with Crippen LogP contribution in [0.2, 0.25) is 0 Å².